The summed E-state index contributed by atoms with van der Waals surface area (Å²) >= 11 is 1.76. The van der Waals surface area contributed by atoms with Crippen molar-refractivity contribution in [3.63, 3.8) is 0 Å². The lowest BCUT2D eigenvalue weighted by Gasteiger charge is -2.16. The van der Waals surface area contributed by atoms with Gasteiger partial charge in [0.25, 0.3) is 0 Å². The summed E-state index contributed by atoms with van der Waals surface area (Å²) in [6, 6.07) is 12.9. The van der Waals surface area contributed by atoms with Crippen LogP contribution in [0.25, 0.3) is 10.9 Å². The van der Waals surface area contributed by atoms with Gasteiger partial charge in [0.15, 0.2) is 5.96 Å². The number of aromatic amines is 1. The Labute approximate surface area is 170 Å². The molecule has 4 nitrogen and oxygen atoms in total. The Balaban J connectivity index is 0.00000225. The molecule has 0 saturated heterocycles. The lowest BCUT2D eigenvalue weighted by molar-refractivity contribution is 0.683. The van der Waals surface area contributed by atoms with Gasteiger partial charge in [-0.3, -0.25) is 4.99 Å². The third kappa shape index (κ3) is 5.22. The molecule has 0 aliphatic heterocycles. The number of halogens is 1. The Morgan fingerprint density at radius 3 is 2.84 bits per heavy atom. The maximum Gasteiger partial charge on any atom is 0.191 e. The lowest BCUT2D eigenvalue weighted by Crippen LogP contribution is -2.39. The van der Waals surface area contributed by atoms with E-state index in [1.54, 1.807) is 11.3 Å². The summed E-state index contributed by atoms with van der Waals surface area (Å²) in [4.78, 5) is 8.97. The van der Waals surface area contributed by atoms with Crippen LogP contribution in [0, 0.1) is 0 Å². The number of nitrogens with one attached hydrogen (secondary N) is 3. The minimum absolute atomic E-state index is 0. The highest BCUT2D eigenvalue weighted by molar-refractivity contribution is 14.0. The molecule has 25 heavy (non-hydrogen) atoms. The molecule has 3 aromatic rings. The Kier molecular flexibility index (Phi) is 7.77. The smallest absolute Gasteiger partial charge is 0.191 e. The van der Waals surface area contributed by atoms with Gasteiger partial charge < -0.3 is 15.6 Å². The quantitative estimate of drug-likeness (QED) is 0.213. The second-order valence-corrected chi connectivity index (χ2v) is 6.82. The van der Waals surface area contributed by atoms with Gasteiger partial charge in [-0.05, 0) is 42.8 Å². The zero-order chi connectivity index (χ0) is 16.8. The van der Waals surface area contributed by atoms with Gasteiger partial charge in [0.2, 0.25) is 0 Å². The maximum absolute atomic E-state index is 4.32. The van der Waals surface area contributed by atoms with E-state index >= 15 is 0 Å². The number of H-pyrrole nitrogens is 1. The highest BCUT2D eigenvalue weighted by Gasteiger charge is 2.08. The minimum Gasteiger partial charge on any atom is -0.361 e. The van der Waals surface area contributed by atoms with Crippen LogP contribution >= 0.6 is 35.3 Å². The molecule has 0 saturated carbocycles. The SMILES string of the molecule is CN=C(NCCCc1c[nH]c2ccccc12)NC(C)c1cccs1.I. The average Bonchev–Trinajstić information content (AvgIpc) is 3.27. The summed E-state index contributed by atoms with van der Waals surface area (Å²) in [7, 11) is 1.82. The first-order valence-corrected chi connectivity index (χ1v) is 9.21. The second-order valence-electron chi connectivity index (χ2n) is 5.84. The highest BCUT2D eigenvalue weighted by atomic mass is 127. The molecule has 3 N–H and O–H groups in total. The van der Waals surface area contributed by atoms with Crippen LogP contribution in [0.3, 0.4) is 0 Å². The molecule has 0 radical (unpaired) electrons. The van der Waals surface area contributed by atoms with Gasteiger partial charge in [-0.15, -0.1) is 35.3 Å². The van der Waals surface area contributed by atoms with Crippen molar-refractivity contribution < 1.29 is 0 Å². The zero-order valence-electron chi connectivity index (χ0n) is 14.6. The summed E-state index contributed by atoms with van der Waals surface area (Å²) in [5.41, 5.74) is 2.59. The summed E-state index contributed by atoms with van der Waals surface area (Å²) < 4.78 is 0. The van der Waals surface area contributed by atoms with Crippen LogP contribution in [0.15, 0.2) is 53.0 Å². The van der Waals surface area contributed by atoms with Gasteiger partial charge in [0.1, 0.15) is 0 Å². The van der Waals surface area contributed by atoms with E-state index in [-0.39, 0.29) is 30.0 Å². The van der Waals surface area contributed by atoms with Crippen molar-refractivity contribution in [3.8, 4) is 0 Å². The highest BCUT2D eigenvalue weighted by Crippen LogP contribution is 2.19. The molecule has 2 heterocycles. The number of aryl methyl sites for hydroxylation is 1. The van der Waals surface area contributed by atoms with Crippen LogP contribution in [0.5, 0.6) is 0 Å². The van der Waals surface area contributed by atoms with Crippen LogP contribution in [0.1, 0.15) is 29.8 Å². The topological polar surface area (TPSA) is 52.2 Å². The normalized spacial score (nSPS) is 12.6. The first kappa shape index (κ1) is 19.8. The summed E-state index contributed by atoms with van der Waals surface area (Å²) in [5.74, 6) is 0.856. The van der Waals surface area contributed by atoms with Gasteiger partial charge in [-0.1, -0.05) is 24.3 Å². The number of rotatable bonds is 6. The number of para-hydroxylation sites is 1. The van der Waals surface area contributed by atoms with E-state index in [0.29, 0.717) is 0 Å². The van der Waals surface area contributed by atoms with E-state index in [9.17, 15) is 0 Å². The van der Waals surface area contributed by atoms with Crippen molar-refractivity contribution in [2.45, 2.75) is 25.8 Å². The van der Waals surface area contributed by atoms with Crippen LogP contribution in [-0.2, 0) is 6.42 Å². The number of nitrogens with zero attached hydrogens (tertiary/aromatic N) is 1. The van der Waals surface area contributed by atoms with E-state index in [1.807, 2.05) is 7.05 Å². The van der Waals surface area contributed by atoms with E-state index < -0.39 is 0 Å². The van der Waals surface area contributed by atoms with Gasteiger partial charge >= 0.3 is 0 Å². The van der Waals surface area contributed by atoms with Gasteiger partial charge in [0.05, 0.1) is 6.04 Å². The van der Waals surface area contributed by atoms with Crippen molar-refractivity contribution in [3.05, 3.63) is 58.4 Å². The minimum atomic E-state index is 0. The van der Waals surface area contributed by atoms with Gasteiger partial charge in [-0.2, -0.15) is 0 Å². The largest absolute Gasteiger partial charge is 0.361 e. The van der Waals surface area contributed by atoms with Gasteiger partial charge in [0, 0.05) is 35.6 Å². The number of hydrogen-bond acceptors (Lipinski definition) is 2. The molecule has 134 valence electrons. The Morgan fingerprint density at radius 2 is 2.08 bits per heavy atom. The molecule has 1 aromatic carbocycles. The number of aromatic nitrogens is 1. The molecule has 3 rings (SSSR count). The summed E-state index contributed by atoms with van der Waals surface area (Å²) in [5, 5.41) is 10.3. The molecule has 0 spiro atoms. The van der Waals surface area contributed by atoms with Crippen LogP contribution < -0.4 is 10.6 Å². The fourth-order valence-electron chi connectivity index (χ4n) is 2.83. The number of thiophene rings is 1. The molecule has 2 aromatic heterocycles. The van der Waals surface area contributed by atoms with E-state index in [1.165, 1.54) is 21.3 Å². The fourth-order valence-corrected chi connectivity index (χ4v) is 3.57. The van der Waals surface area contributed by atoms with Gasteiger partial charge in [-0.25, -0.2) is 0 Å². The molecule has 0 aliphatic carbocycles. The standard InChI is InChI=1S/C19H24N4S.HI/c1-14(18-10-6-12-24-18)23-19(20-2)21-11-5-7-15-13-22-17-9-4-3-8-16(15)17;/h3-4,6,8-10,12-14,22H,5,7,11H2,1-2H3,(H2,20,21,23);1H. The van der Waals surface area contributed by atoms with Crippen molar-refractivity contribution in [1.82, 2.24) is 15.6 Å². The molecule has 1 unspecified atom stereocenters. The zero-order valence-corrected chi connectivity index (χ0v) is 17.7. The molecule has 0 aliphatic rings. The second kappa shape index (κ2) is 9.82. The fraction of sp³-hybridized carbons (Fsp3) is 0.316. The molecule has 0 amide bonds. The van der Waals surface area contributed by atoms with Crippen molar-refractivity contribution in [1.29, 1.82) is 0 Å². The molecule has 0 bridgehead atoms. The average molecular weight is 468 g/mol. The van der Waals surface area contributed by atoms with E-state index in [0.717, 1.165) is 25.3 Å². The molecule has 0 fully saturated rings. The van der Waals surface area contributed by atoms with Crippen molar-refractivity contribution in [2.75, 3.05) is 13.6 Å². The Morgan fingerprint density at radius 1 is 1.24 bits per heavy atom. The molecule has 1 atom stereocenters. The third-order valence-electron chi connectivity index (χ3n) is 4.14. The predicted octanol–water partition coefficient (Wildman–Crippen LogP) is 4.71. The third-order valence-corrected chi connectivity index (χ3v) is 5.19. The van der Waals surface area contributed by atoms with E-state index in [4.69, 9.17) is 0 Å². The van der Waals surface area contributed by atoms with Crippen LogP contribution in [-0.4, -0.2) is 24.5 Å². The predicted molar refractivity (Wildman–Crippen MR) is 119 cm³/mol. The number of aliphatic imine (C=N–C) groups is 1. The summed E-state index contributed by atoms with van der Waals surface area (Å²) in [6.07, 6.45) is 4.24. The maximum atomic E-state index is 4.32. The molecular formula is C19H25IN4S. The number of guanidine groups is 1. The van der Waals surface area contributed by atoms with Crippen molar-refractivity contribution >= 4 is 52.2 Å². The van der Waals surface area contributed by atoms with Crippen molar-refractivity contribution in [2.24, 2.45) is 4.99 Å². The number of benzene rings is 1. The Hall–Kier alpha value is -1.54. The van der Waals surface area contributed by atoms with E-state index in [2.05, 4.69) is 75.5 Å². The summed E-state index contributed by atoms with van der Waals surface area (Å²) in [6.45, 7) is 3.06. The first-order chi connectivity index (χ1) is 11.8. The number of hydrogen-bond donors (Lipinski definition) is 3. The van der Waals surface area contributed by atoms with Crippen LogP contribution in [0.2, 0.25) is 0 Å². The lowest BCUT2D eigenvalue weighted by atomic mass is 10.1. The molecule has 6 heteroatoms. The number of fused-ring (bicyclic) bond motifs is 1. The monoisotopic (exact) mass is 468 g/mol. The Bertz CT molecular complexity index is 795. The molecular weight excluding hydrogens is 443 g/mol. The van der Waals surface area contributed by atoms with Crippen LogP contribution in [0.4, 0.5) is 0 Å². The first-order valence-electron chi connectivity index (χ1n) is 8.33.